The van der Waals surface area contributed by atoms with Crippen LogP contribution in [0.2, 0.25) is 0 Å². The van der Waals surface area contributed by atoms with Crippen molar-refractivity contribution in [2.75, 3.05) is 0 Å². The van der Waals surface area contributed by atoms with Gasteiger partial charge in [-0.2, -0.15) is 0 Å². The Kier molecular flexibility index (Phi) is 8.15. The lowest BCUT2D eigenvalue weighted by molar-refractivity contribution is 1.07. The summed E-state index contributed by atoms with van der Waals surface area (Å²) in [6.45, 7) is 0. The van der Waals surface area contributed by atoms with Crippen LogP contribution in [-0.2, 0) is 0 Å². The standard InChI is InChI=1S/C55H35N3/c1-3-14-36(15-4-1)41-19-13-20-43(34-41)55-57-53(39-17-5-2-6-18-39)56-54(58-55)40-28-26-38(27-29-40)52-44-21-8-7-16-37(44)30-32-45(52)42-31-33-50-48-24-10-9-22-46(48)47-23-11-12-25-49(47)51(50)35-42/h1-35H. The van der Waals surface area contributed by atoms with Crippen molar-refractivity contribution in [2.24, 2.45) is 0 Å². The molecule has 3 nitrogen and oxygen atoms in total. The van der Waals surface area contributed by atoms with Gasteiger partial charge < -0.3 is 0 Å². The van der Waals surface area contributed by atoms with Crippen LogP contribution in [0.4, 0.5) is 0 Å². The number of fused-ring (bicyclic) bond motifs is 7. The normalized spacial score (nSPS) is 11.4. The molecule has 1 heterocycles. The molecule has 10 aromatic carbocycles. The van der Waals surface area contributed by atoms with E-state index in [0.717, 1.165) is 33.4 Å². The monoisotopic (exact) mass is 737 g/mol. The van der Waals surface area contributed by atoms with Crippen LogP contribution in [0, 0.1) is 0 Å². The second kappa shape index (κ2) is 14.1. The SMILES string of the molecule is c1ccc(-c2cccc(-c3nc(-c4ccccc4)nc(-c4ccc(-c5c(-c6ccc7c8ccccc8c8ccccc8c7c6)ccc6ccccc56)cc4)n3)c2)cc1. The first kappa shape index (κ1) is 33.6. The van der Waals surface area contributed by atoms with Crippen LogP contribution in [0.15, 0.2) is 212 Å². The van der Waals surface area contributed by atoms with Gasteiger partial charge in [-0.1, -0.05) is 200 Å². The summed E-state index contributed by atoms with van der Waals surface area (Å²) < 4.78 is 0. The predicted octanol–water partition coefficient (Wildman–Crippen LogP) is 14.5. The summed E-state index contributed by atoms with van der Waals surface area (Å²) in [6.07, 6.45) is 0. The van der Waals surface area contributed by atoms with Crippen molar-refractivity contribution in [1.29, 1.82) is 0 Å². The molecule has 0 bridgehead atoms. The molecule has 0 amide bonds. The van der Waals surface area contributed by atoms with Gasteiger partial charge in [0.15, 0.2) is 17.5 Å². The van der Waals surface area contributed by atoms with Gasteiger partial charge in [0.25, 0.3) is 0 Å². The lowest BCUT2D eigenvalue weighted by Gasteiger charge is -2.16. The zero-order valence-electron chi connectivity index (χ0n) is 31.5. The largest absolute Gasteiger partial charge is 0.208 e. The maximum atomic E-state index is 5.10. The lowest BCUT2D eigenvalue weighted by atomic mass is 9.87. The first-order valence-corrected chi connectivity index (χ1v) is 19.7. The van der Waals surface area contributed by atoms with Gasteiger partial charge in [0.05, 0.1) is 0 Å². The molecular weight excluding hydrogens is 703 g/mol. The fraction of sp³-hybridized carbons (Fsp3) is 0. The Morgan fingerprint density at radius 2 is 0.672 bits per heavy atom. The van der Waals surface area contributed by atoms with Crippen molar-refractivity contribution < 1.29 is 0 Å². The smallest absolute Gasteiger partial charge is 0.164 e. The lowest BCUT2D eigenvalue weighted by Crippen LogP contribution is -2.00. The molecule has 0 aliphatic carbocycles. The Balaban J connectivity index is 1.05. The Morgan fingerprint density at radius 1 is 0.224 bits per heavy atom. The zero-order valence-corrected chi connectivity index (χ0v) is 31.5. The second-order valence-corrected chi connectivity index (χ2v) is 14.8. The van der Waals surface area contributed by atoms with Crippen LogP contribution in [-0.4, -0.2) is 15.0 Å². The number of rotatable bonds is 6. The third kappa shape index (κ3) is 5.89. The van der Waals surface area contributed by atoms with Crippen LogP contribution < -0.4 is 0 Å². The van der Waals surface area contributed by atoms with E-state index in [-0.39, 0.29) is 0 Å². The van der Waals surface area contributed by atoms with Crippen molar-refractivity contribution in [3.8, 4) is 67.5 Å². The molecule has 0 atom stereocenters. The van der Waals surface area contributed by atoms with E-state index in [2.05, 4.69) is 176 Å². The maximum Gasteiger partial charge on any atom is 0.164 e. The second-order valence-electron chi connectivity index (χ2n) is 14.8. The van der Waals surface area contributed by atoms with Crippen LogP contribution in [0.5, 0.6) is 0 Å². The highest BCUT2D eigenvalue weighted by atomic mass is 15.0. The summed E-state index contributed by atoms with van der Waals surface area (Å²) >= 11 is 0. The highest BCUT2D eigenvalue weighted by molar-refractivity contribution is 6.26. The molecule has 1 aromatic heterocycles. The van der Waals surface area contributed by atoms with Gasteiger partial charge in [0.2, 0.25) is 0 Å². The average molecular weight is 738 g/mol. The zero-order chi connectivity index (χ0) is 38.4. The van der Waals surface area contributed by atoms with E-state index in [1.54, 1.807) is 0 Å². The molecule has 0 spiro atoms. The van der Waals surface area contributed by atoms with Crippen LogP contribution >= 0.6 is 0 Å². The number of aromatic nitrogens is 3. The molecular formula is C55H35N3. The van der Waals surface area contributed by atoms with Gasteiger partial charge in [0, 0.05) is 16.7 Å². The predicted molar refractivity (Wildman–Crippen MR) is 242 cm³/mol. The van der Waals surface area contributed by atoms with Gasteiger partial charge in [-0.3, -0.25) is 0 Å². The first-order valence-electron chi connectivity index (χ1n) is 19.7. The van der Waals surface area contributed by atoms with Crippen molar-refractivity contribution in [3.63, 3.8) is 0 Å². The van der Waals surface area contributed by atoms with E-state index in [4.69, 9.17) is 15.0 Å². The van der Waals surface area contributed by atoms with Crippen molar-refractivity contribution >= 4 is 43.1 Å². The van der Waals surface area contributed by atoms with Gasteiger partial charge in [-0.05, 0) is 88.6 Å². The molecule has 0 unspecified atom stereocenters. The molecule has 0 aliphatic rings. The number of nitrogens with zero attached hydrogens (tertiary/aromatic N) is 3. The highest BCUT2D eigenvalue weighted by Gasteiger charge is 2.17. The molecule has 0 fully saturated rings. The average Bonchev–Trinajstić information content (AvgIpc) is 3.31. The van der Waals surface area contributed by atoms with E-state index in [1.807, 2.05) is 36.4 Å². The van der Waals surface area contributed by atoms with Gasteiger partial charge >= 0.3 is 0 Å². The fourth-order valence-electron chi connectivity index (χ4n) is 8.50. The quantitative estimate of drug-likeness (QED) is 0.160. The summed E-state index contributed by atoms with van der Waals surface area (Å²) in [4.78, 5) is 15.2. The Morgan fingerprint density at radius 3 is 1.33 bits per heavy atom. The Hall–Kier alpha value is -7.75. The van der Waals surface area contributed by atoms with Crippen molar-refractivity contribution in [3.05, 3.63) is 212 Å². The van der Waals surface area contributed by atoms with Crippen LogP contribution in [0.3, 0.4) is 0 Å². The Bertz CT molecular complexity index is 3280. The molecule has 0 aliphatic heterocycles. The van der Waals surface area contributed by atoms with Crippen LogP contribution in [0.25, 0.3) is 111 Å². The van der Waals surface area contributed by atoms with E-state index in [9.17, 15) is 0 Å². The molecule has 270 valence electrons. The molecule has 11 aromatic rings. The Labute approximate surface area is 336 Å². The molecule has 0 saturated carbocycles. The first-order chi connectivity index (χ1) is 28.7. The molecule has 11 rings (SSSR count). The number of hydrogen-bond acceptors (Lipinski definition) is 3. The topological polar surface area (TPSA) is 38.7 Å². The highest BCUT2D eigenvalue weighted by Crippen LogP contribution is 2.42. The minimum atomic E-state index is 0.632. The molecule has 0 saturated heterocycles. The van der Waals surface area contributed by atoms with Crippen molar-refractivity contribution in [2.45, 2.75) is 0 Å². The van der Waals surface area contributed by atoms with E-state index in [0.29, 0.717) is 17.5 Å². The minimum absolute atomic E-state index is 0.632. The third-order valence-electron chi connectivity index (χ3n) is 11.3. The summed E-state index contributed by atoms with van der Waals surface area (Å²) in [7, 11) is 0. The maximum absolute atomic E-state index is 5.10. The third-order valence-corrected chi connectivity index (χ3v) is 11.3. The molecule has 3 heteroatoms. The summed E-state index contributed by atoms with van der Waals surface area (Å²) in [5.74, 6) is 1.91. The molecule has 0 N–H and O–H groups in total. The van der Waals surface area contributed by atoms with Gasteiger partial charge in [0.1, 0.15) is 0 Å². The number of hydrogen-bond donors (Lipinski definition) is 0. The van der Waals surface area contributed by atoms with Crippen molar-refractivity contribution in [1.82, 2.24) is 15.0 Å². The van der Waals surface area contributed by atoms with E-state index < -0.39 is 0 Å². The van der Waals surface area contributed by atoms with Gasteiger partial charge in [-0.25, -0.2) is 15.0 Å². The minimum Gasteiger partial charge on any atom is -0.208 e. The fourth-order valence-corrected chi connectivity index (χ4v) is 8.50. The summed E-state index contributed by atoms with van der Waals surface area (Å²) in [5.41, 5.74) is 9.79. The molecule has 58 heavy (non-hydrogen) atoms. The van der Waals surface area contributed by atoms with Crippen LogP contribution in [0.1, 0.15) is 0 Å². The molecule has 0 radical (unpaired) electrons. The van der Waals surface area contributed by atoms with Gasteiger partial charge in [-0.15, -0.1) is 0 Å². The number of benzene rings is 10. The summed E-state index contributed by atoms with van der Waals surface area (Å²) in [6, 6.07) is 75.4. The van der Waals surface area contributed by atoms with E-state index in [1.165, 1.54) is 59.8 Å². The van der Waals surface area contributed by atoms with E-state index >= 15 is 0 Å². The summed E-state index contributed by atoms with van der Waals surface area (Å²) in [5, 5.41) is 10.0.